The van der Waals surface area contributed by atoms with Crippen LogP contribution < -0.4 is 4.90 Å². The summed E-state index contributed by atoms with van der Waals surface area (Å²) in [4.78, 5) is 29.9. The fourth-order valence-electron chi connectivity index (χ4n) is 3.31. The number of aromatic nitrogens is 3. The quantitative estimate of drug-likeness (QED) is 0.659. The number of aryl methyl sites for hydroxylation is 1. The molecule has 0 saturated carbocycles. The fourth-order valence-corrected chi connectivity index (χ4v) is 3.56. The van der Waals surface area contributed by atoms with Crippen LogP contribution in [0.3, 0.4) is 0 Å². The number of hydrogen-bond acceptors (Lipinski definition) is 5. The lowest BCUT2D eigenvalue weighted by Crippen LogP contribution is -2.49. The molecule has 1 aromatic carbocycles. The molecule has 0 N–H and O–H groups in total. The van der Waals surface area contributed by atoms with Crippen LogP contribution in [0.1, 0.15) is 16.1 Å². The van der Waals surface area contributed by atoms with Gasteiger partial charge < -0.3 is 9.80 Å². The highest BCUT2D eigenvalue weighted by Gasteiger charge is 2.25. The van der Waals surface area contributed by atoms with Crippen LogP contribution in [0.2, 0.25) is 5.02 Å². The van der Waals surface area contributed by atoms with Crippen molar-refractivity contribution in [2.75, 3.05) is 31.1 Å². The number of amides is 1. The maximum atomic E-state index is 13.2. The number of nitrogens with zero attached hydrogens (tertiary/aromatic N) is 5. The Labute approximate surface area is 173 Å². The van der Waals surface area contributed by atoms with E-state index in [1.807, 2.05) is 25.1 Å². The number of carbonyl (C=O) groups is 1. The van der Waals surface area contributed by atoms with Crippen molar-refractivity contribution >= 4 is 23.3 Å². The number of piperazine rings is 1. The first kappa shape index (κ1) is 19.3. The second-order valence-electron chi connectivity index (χ2n) is 6.84. The van der Waals surface area contributed by atoms with Gasteiger partial charge in [0, 0.05) is 55.9 Å². The highest BCUT2D eigenvalue weighted by atomic mass is 35.5. The zero-order valence-electron chi connectivity index (χ0n) is 15.8. The highest BCUT2D eigenvalue weighted by Crippen LogP contribution is 2.23. The van der Waals surface area contributed by atoms with Gasteiger partial charge in [-0.1, -0.05) is 11.6 Å². The zero-order valence-corrected chi connectivity index (χ0v) is 16.6. The van der Waals surface area contributed by atoms with Crippen molar-refractivity contribution in [1.82, 2.24) is 19.9 Å². The average molecular weight is 412 g/mol. The van der Waals surface area contributed by atoms with Crippen molar-refractivity contribution in [3.05, 3.63) is 70.9 Å². The van der Waals surface area contributed by atoms with Gasteiger partial charge in [0.25, 0.3) is 5.91 Å². The lowest BCUT2D eigenvalue weighted by atomic mass is 10.1. The maximum Gasteiger partial charge on any atom is 0.255 e. The summed E-state index contributed by atoms with van der Waals surface area (Å²) < 4.78 is 13.2. The van der Waals surface area contributed by atoms with Gasteiger partial charge in [-0.2, -0.15) is 0 Å². The van der Waals surface area contributed by atoms with Crippen molar-refractivity contribution < 1.29 is 9.18 Å². The normalized spacial score (nSPS) is 14.2. The Balaban J connectivity index is 1.48. The molecular weight excluding hydrogens is 393 g/mol. The molecule has 6 nitrogen and oxygen atoms in total. The molecule has 0 spiro atoms. The minimum absolute atomic E-state index is 0.130. The number of anilines is 1. The summed E-state index contributed by atoms with van der Waals surface area (Å²) >= 11 is 6.04. The third kappa shape index (κ3) is 4.19. The van der Waals surface area contributed by atoms with Crippen LogP contribution in [0.4, 0.5) is 10.2 Å². The summed E-state index contributed by atoms with van der Waals surface area (Å²) in [5, 5.41) is 0.130. The Kier molecular flexibility index (Phi) is 5.40. The Morgan fingerprint density at radius 1 is 1.10 bits per heavy atom. The number of halogens is 2. The molecule has 0 atom stereocenters. The van der Waals surface area contributed by atoms with Gasteiger partial charge in [-0.15, -0.1) is 0 Å². The summed E-state index contributed by atoms with van der Waals surface area (Å²) in [6, 6.07) is 9.56. The first-order valence-electron chi connectivity index (χ1n) is 9.26. The maximum absolute atomic E-state index is 13.2. The molecule has 1 aliphatic rings. The van der Waals surface area contributed by atoms with Crippen molar-refractivity contribution in [2.45, 2.75) is 6.92 Å². The standard InChI is InChI=1S/C21H19ClFN5O/c1-14-11-19(26-20(25-14)15-3-2-6-24-13-15)27-7-9-28(10-8-27)21(29)17-5-4-16(23)12-18(17)22/h2-6,11-13H,7-10H2,1H3. The molecule has 8 heteroatoms. The molecule has 29 heavy (non-hydrogen) atoms. The average Bonchev–Trinajstić information content (AvgIpc) is 2.74. The van der Waals surface area contributed by atoms with Gasteiger partial charge in [0.1, 0.15) is 11.6 Å². The highest BCUT2D eigenvalue weighted by molar-refractivity contribution is 6.33. The van der Waals surface area contributed by atoms with Crippen LogP contribution in [0.5, 0.6) is 0 Å². The van der Waals surface area contributed by atoms with Gasteiger partial charge >= 0.3 is 0 Å². The summed E-state index contributed by atoms with van der Waals surface area (Å²) in [5.74, 6) is 0.803. The number of rotatable bonds is 3. The van der Waals surface area contributed by atoms with E-state index in [1.54, 1.807) is 17.3 Å². The molecule has 1 amide bonds. The minimum Gasteiger partial charge on any atom is -0.353 e. The summed E-state index contributed by atoms with van der Waals surface area (Å²) in [5.41, 5.74) is 2.04. The van der Waals surface area contributed by atoms with E-state index in [1.165, 1.54) is 12.1 Å². The van der Waals surface area contributed by atoms with E-state index in [0.717, 1.165) is 23.1 Å². The largest absolute Gasteiger partial charge is 0.353 e. The van der Waals surface area contributed by atoms with Gasteiger partial charge in [0.2, 0.25) is 0 Å². The van der Waals surface area contributed by atoms with Crippen LogP contribution in [-0.2, 0) is 0 Å². The van der Waals surface area contributed by atoms with Crippen molar-refractivity contribution in [3.63, 3.8) is 0 Å². The van der Waals surface area contributed by atoms with Crippen molar-refractivity contribution in [3.8, 4) is 11.4 Å². The van der Waals surface area contributed by atoms with Crippen molar-refractivity contribution in [2.24, 2.45) is 0 Å². The van der Waals surface area contributed by atoms with Crippen LogP contribution in [-0.4, -0.2) is 51.9 Å². The van der Waals surface area contributed by atoms with Crippen LogP contribution in [0.15, 0.2) is 48.8 Å². The van der Waals surface area contributed by atoms with Gasteiger partial charge in [-0.25, -0.2) is 14.4 Å². The zero-order chi connectivity index (χ0) is 20.4. The third-order valence-electron chi connectivity index (χ3n) is 4.81. The number of benzene rings is 1. The predicted molar refractivity (Wildman–Crippen MR) is 110 cm³/mol. The van der Waals surface area contributed by atoms with Crippen LogP contribution in [0.25, 0.3) is 11.4 Å². The van der Waals surface area contributed by atoms with Gasteiger partial charge in [-0.3, -0.25) is 9.78 Å². The lowest BCUT2D eigenvalue weighted by Gasteiger charge is -2.35. The van der Waals surface area contributed by atoms with Gasteiger partial charge in [-0.05, 0) is 37.3 Å². The molecule has 1 aliphatic heterocycles. The smallest absolute Gasteiger partial charge is 0.255 e. The summed E-state index contributed by atoms with van der Waals surface area (Å²) in [6.45, 7) is 4.25. The fraction of sp³-hybridized carbons (Fsp3) is 0.238. The van der Waals surface area contributed by atoms with E-state index in [9.17, 15) is 9.18 Å². The molecule has 3 aromatic rings. The number of pyridine rings is 1. The Morgan fingerprint density at radius 3 is 2.59 bits per heavy atom. The molecular formula is C21H19ClFN5O. The second-order valence-corrected chi connectivity index (χ2v) is 7.24. The topological polar surface area (TPSA) is 62.2 Å². The summed E-state index contributed by atoms with van der Waals surface area (Å²) in [7, 11) is 0. The van der Waals surface area contributed by atoms with Gasteiger partial charge in [0.05, 0.1) is 10.6 Å². The first-order chi connectivity index (χ1) is 14.0. The SMILES string of the molecule is Cc1cc(N2CCN(C(=O)c3ccc(F)cc3Cl)CC2)nc(-c2cccnc2)n1. The molecule has 0 aliphatic carbocycles. The Bertz CT molecular complexity index is 1040. The van der Waals surface area contributed by atoms with Crippen LogP contribution in [0, 0.1) is 12.7 Å². The molecule has 1 saturated heterocycles. The Hall–Kier alpha value is -3.06. The second kappa shape index (κ2) is 8.13. The van der Waals surface area contributed by atoms with Gasteiger partial charge in [0.15, 0.2) is 5.82 Å². The van der Waals surface area contributed by atoms with Crippen molar-refractivity contribution in [1.29, 1.82) is 0 Å². The first-order valence-corrected chi connectivity index (χ1v) is 9.64. The lowest BCUT2D eigenvalue weighted by molar-refractivity contribution is 0.0746. The van der Waals surface area contributed by atoms with E-state index in [-0.39, 0.29) is 10.9 Å². The van der Waals surface area contributed by atoms with E-state index >= 15 is 0 Å². The Morgan fingerprint density at radius 2 is 1.90 bits per heavy atom. The molecule has 1 fully saturated rings. The van der Waals surface area contributed by atoms with E-state index in [2.05, 4.69) is 19.9 Å². The molecule has 3 heterocycles. The van der Waals surface area contributed by atoms with E-state index in [4.69, 9.17) is 11.6 Å². The monoisotopic (exact) mass is 411 g/mol. The third-order valence-corrected chi connectivity index (χ3v) is 5.13. The molecule has 0 radical (unpaired) electrons. The minimum atomic E-state index is -0.458. The number of hydrogen-bond donors (Lipinski definition) is 0. The molecule has 2 aromatic heterocycles. The number of carbonyl (C=O) groups excluding carboxylic acids is 1. The van der Waals surface area contributed by atoms with Crippen LogP contribution >= 0.6 is 11.6 Å². The molecule has 0 unspecified atom stereocenters. The molecule has 148 valence electrons. The molecule has 0 bridgehead atoms. The summed E-state index contributed by atoms with van der Waals surface area (Å²) in [6.07, 6.45) is 3.45. The predicted octanol–water partition coefficient (Wildman–Crippen LogP) is 3.60. The molecule has 4 rings (SSSR count). The van der Waals surface area contributed by atoms with E-state index < -0.39 is 5.82 Å². The van der Waals surface area contributed by atoms with E-state index in [0.29, 0.717) is 37.6 Å².